The summed E-state index contributed by atoms with van der Waals surface area (Å²) in [6, 6.07) is 11.4. The molecule has 0 radical (unpaired) electrons. The van der Waals surface area contributed by atoms with Crippen LogP contribution in [0.2, 0.25) is 0 Å². The maximum absolute atomic E-state index is 13.1. The van der Waals surface area contributed by atoms with Gasteiger partial charge in [-0.1, -0.05) is 18.7 Å². The van der Waals surface area contributed by atoms with Crippen molar-refractivity contribution in [2.45, 2.75) is 18.5 Å². The van der Waals surface area contributed by atoms with Gasteiger partial charge in [-0.05, 0) is 42.8 Å². The van der Waals surface area contributed by atoms with Gasteiger partial charge in [0.05, 0.1) is 16.8 Å². The molecule has 5 rings (SSSR count). The Labute approximate surface area is 210 Å². The Morgan fingerprint density at radius 1 is 1.11 bits per heavy atom. The molecule has 1 saturated heterocycles. The van der Waals surface area contributed by atoms with E-state index in [9.17, 15) is 9.59 Å². The maximum atomic E-state index is 13.1. The Morgan fingerprint density at radius 2 is 1.89 bits per heavy atom. The number of piperazine rings is 1. The predicted octanol–water partition coefficient (Wildman–Crippen LogP) is 3.58. The topological polar surface area (TPSA) is 104 Å². The molecule has 1 amide bonds. The number of amides is 1. The fourth-order valence-corrected chi connectivity index (χ4v) is 5.60. The van der Waals surface area contributed by atoms with E-state index in [1.54, 1.807) is 22.2 Å². The van der Waals surface area contributed by atoms with E-state index in [1.807, 2.05) is 41.4 Å². The summed E-state index contributed by atoms with van der Waals surface area (Å²) in [5.74, 6) is -0.163. The van der Waals surface area contributed by atoms with E-state index in [2.05, 4.69) is 28.0 Å². The molecule has 0 spiro atoms. The molecule has 1 aliphatic rings. The number of rotatable bonds is 7. The highest BCUT2D eigenvalue weighted by Gasteiger charge is 2.25. The molecule has 35 heavy (non-hydrogen) atoms. The first-order valence-corrected chi connectivity index (χ1v) is 13.1. The summed E-state index contributed by atoms with van der Waals surface area (Å²) in [6.07, 6.45) is 4.49. The lowest BCUT2D eigenvalue weighted by Gasteiger charge is -2.35. The van der Waals surface area contributed by atoms with Gasteiger partial charge >= 0.3 is 5.97 Å². The van der Waals surface area contributed by atoms with Crippen LogP contribution in [0.25, 0.3) is 15.9 Å². The molecule has 1 N–H and O–H groups in total. The average Bonchev–Trinajstić information content (AvgIpc) is 3.57. The number of carboxylic acids is 1. The first kappa shape index (κ1) is 23.3. The number of hydrogen-bond donors (Lipinski definition) is 1. The van der Waals surface area contributed by atoms with E-state index in [0.717, 1.165) is 39.9 Å². The smallest absolute Gasteiger partial charge is 0.313 e. The first-order chi connectivity index (χ1) is 17.0. The van der Waals surface area contributed by atoms with Gasteiger partial charge in [0.25, 0.3) is 5.91 Å². The lowest BCUT2D eigenvalue weighted by molar-refractivity contribution is -0.133. The van der Waals surface area contributed by atoms with Crippen molar-refractivity contribution in [3.63, 3.8) is 0 Å². The van der Waals surface area contributed by atoms with Gasteiger partial charge in [0.15, 0.2) is 5.16 Å². The maximum Gasteiger partial charge on any atom is 0.313 e. The van der Waals surface area contributed by atoms with Crippen molar-refractivity contribution in [3.8, 4) is 5.69 Å². The van der Waals surface area contributed by atoms with Crippen LogP contribution in [-0.2, 0) is 11.2 Å². The number of carbonyl (C=O) groups is 2. The molecular formula is C24H24N6O3S2. The minimum Gasteiger partial charge on any atom is -0.481 e. The minimum absolute atomic E-state index is 0.00556. The Balaban J connectivity index is 1.31. The molecule has 0 saturated carbocycles. The van der Waals surface area contributed by atoms with E-state index in [0.29, 0.717) is 36.9 Å². The van der Waals surface area contributed by atoms with Gasteiger partial charge in [0.1, 0.15) is 10.6 Å². The zero-order valence-corrected chi connectivity index (χ0v) is 20.8. The van der Waals surface area contributed by atoms with Crippen LogP contribution in [0.4, 0.5) is 5.82 Å². The van der Waals surface area contributed by atoms with Crippen molar-refractivity contribution < 1.29 is 14.7 Å². The van der Waals surface area contributed by atoms with E-state index in [-0.39, 0.29) is 11.7 Å². The number of aromatic nitrogens is 4. The summed E-state index contributed by atoms with van der Waals surface area (Å²) in [7, 11) is 0. The molecular weight excluding hydrogens is 484 g/mol. The van der Waals surface area contributed by atoms with E-state index < -0.39 is 5.97 Å². The van der Waals surface area contributed by atoms with Crippen molar-refractivity contribution in [2.75, 3.05) is 36.8 Å². The number of nitrogens with zero attached hydrogens (tertiary/aromatic N) is 6. The van der Waals surface area contributed by atoms with Gasteiger partial charge in [-0.25, -0.2) is 14.6 Å². The summed E-state index contributed by atoms with van der Waals surface area (Å²) in [5.41, 5.74) is 1.56. The van der Waals surface area contributed by atoms with Gasteiger partial charge in [0, 0.05) is 49.0 Å². The SMILES string of the molecule is CCc1cc2c(N3CCN(C(=O)c4ccc(-n5cccn5)cc4)CC3)nc(SCC(=O)O)nc2s1. The predicted molar refractivity (Wildman–Crippen MR) is 137 cm³/mol. The Kier molecular flexibility index (Phi) is 6.69. The van der Waals surface area contributed by atoms with Gasteiger partial charge in [-0.2, -0.15) is 5.10 Å². The quantitative estimate of drug-likeness (QED) is 0.298. The van der Waals surface area contributed by atoms with Gasteiger partial charge in [0.2, 0.25) is 0 Å². The number of anilines is 1. The minimum atomic E-state index is -0.898. The summed E-state index contributed by atoms with van der Waals surface area (Å²) >= 11 is 2.75. The molecule has 4 aromatic rings. The van der Waals surface area contributed by atoms with Crippen molar-refractivity contribution >= 4 is 51.0 Å². The monoisotopic (exact) mass is 508 g/mol. The number of aryl methyl sites for hydroxylation is 1. The molecule has 0 unspecified atom stereocenters. The largest absolute Gasteiger partial charge is 0.481 e. The van der Waals surface area contributed by atoms with Crippen LogP contribution in [0.3, 0.4) is 0 Å². The Hall–Kier alpha value is -3.44. The summed E-state index contributed by atoms with van der Waals surface area (Å²) < 4.78 is 1.76. The molecule has 1 fully saturated rings. The number of carboxylic acid groups (broad SMARTS) is 1. The second-order valence-corrected chi connectivity index (χ2v) is 10.1. The summed E-state index contributed by atoms with van der Waals surface area (Å²) in [6.45, 7) is 4.54. The Bertz CT molecular complexity index is 1350. The summed E-state index contributed by atoms with van der Waals surface area (Å²) in [5, 5.41) is 14.7. The number of thioether (sulfide) groups is 1. The standard InChI is InChI=1S/C24H24N6O3S2/c1-2-18-14-19-21(26-24(27-22(19)35-18)34-15-20(31)32)28-10-12-29(13-11-28)23(33)16-4-6-17(7-5-16)30-9-3-8-25-30/h3-9,14H,2,10-13,15H2,1H3,(H,31,32). The number of fused-ring (bicyclic) bond motifs is 1. The Morgan fingerprint density at radius 3 is 2.54 bits per heavy atom. The van der Waals surface area contributed by atoms with Gasteiger partial charge < -0.3 is 14.9 Å². The fourth-order valence-electron chi connectivity index (χ4n) is 4.03. The molecule has 11 heteroatoms. The first-order valence-electron chi connectivity index (χ1n) is 11.3. The average molecular weight is 509 g/mol. The fraction of sp³-hybridized carbons (Fsp3) is 0.292. The second-order valence-electron chi connectivity index (χ2n) is 8.07. The van der Waals surface area contributed by atoms with E-state index in [1.165, 1.54) is 4.88 Å². The van der Waals surface area contributed by atoms with Crippen LogP contribution in [0.5, 0.6) is 0 Å². The third-order valence-corrected chi connectivity index (χ3v) is 7.83. The molecule has 0 bridgehead atoms. The van der Waals surface area contributed by atoms with Crippen molar-refractivity contribution in [1.29, 1.82) is 0 Å². The number of benzene rings is 1. The second kappa shape index (κ2) is 10.0. The van der Waals surface area contributed by atoms with Crippen LogP contribution < -0.4 is 4.90 Å². The lowest BCUT2D eigenvalue weighted by Crippen LogP contribution is -2.49. The number of hydrogen-bond acceptors (Lipinski definition) is 8. The van der Waals surface area contributed by atoms with Crippen LogP contribution in [0, 0.1) is 0 Å². The molecule has 0 atom stereocenters. The van der Waals surface area contributed by atoms with E-state index >= 15 is 0 Å². The van der Waals surface area contributed by atoms with Crippen LogP contribution in [-0.4, -0.2) is 73.6 Å². The molecule has 9 nitrogen and oxygen atoms in total. The molecule has 180 valence electrons. The van der Waals surface area contributed by atoms with Crippen molar-refractivity contribution in [1.82, 2.24) is 24.6 Å². The van der Waals surface area contributed by atoms with Crippen LogP contribution >= 0.6 is 23.1 Å². The molecule has 4 heterocycles. The van der Waals surface area contributed by atoms with Crippen molar-refractivity contribution in [2.24, 2.45) is 0 Å². The lowest BCUT2D eigenvalue weighted by atomic mass is 10.1. The molecule has 1 aliphatic heterocycles. The third kappa shape index (κ3) is 5.01. The highest BCUT2D eigenvalue weighted by molar-refractivity contribution is 7.99. The molecule has 3 aromatic heterocycles. The van der Waals surface area contributed by atoms with Crippen molar-refractivity contribution in [3.05, 3.63) is 59.2 Å². The number of carbonyl (C=O) groups excluding carboxylic acids is 1. The highest BCUT2D eigenvalue weighted by atomic mass is 32.2. The third-order valence-electron chi connectivity index (χ3n) is 5.83. The molecule has 1 aromatic carbocycles. The zero-order valence-electron chi connectivity index (χ0n) is 19.1. The molecule has 0 aliphatic carbocycles. The van der Waals surface area contributed by atoms with E-state index in [4.69, 9.17) is 10.1 Å². The number of thiophene rings is 1. The highest BCUT2D eigenvalue weighted by Crippen LogP contribution is 2.34. The van der Waals surface area contributed by atoms with Gasteiger partial charge in [-0.3, -0.25) is 9.59 Å². The number of aliphatic carboxylic acids is 1. The zero-order chi connectivity index (χ0) is 24.4. The summed E-state index contributed by atoms with van der Waals surface area (Å²) in [4.78, 5) is 39.6. The van der Waals surface area contributed by atoms with Gasteiger partial charge in [-0.15, -0.1) is 11.3 Å². The van der Waals surface area contributed by atoms with Crippen LogP contribution in [0.15, 0.2) is 53.9 Å². The van der Waals surface area contributed by atoms with Crippen LogP contribution in [0.1, 0.15) is 22.2 Å². The normalized spacial score (nSPS) is 14.0.